The van der Waals surface area contributed by atoms with Crippen LogP contribution in [-0.4, -0.2) is 53.2 Å². The fraction of sp³-hybridized carbons (Fsp3) is 0.680. The van der Waals surface area contributed by atoms with Gasteiger partial charge in [0.2, 0.25) is 17.7 Å². The van der Waals surface area contributed by atoms with Crippen molar-refractivity contribution < 1.29 is 18.4 Å². The lowest BCUT2D eigenvalue weighted by Gasteiger charge is -2.41. The largest absolute Gasteiger partial charge is 0.337 e. The molecule has 5 nitrogen and oxygen atoms in total. The van der Waals surface area contributed by atoms with Crippen molar-refractivity contribution in [1.82, 2.24) is 9.80 Å². The van der Waals surface area contributed by atoms with Crippen LogP contribution in [0.5, 0.6) is 0 Å². The van der Waals surface area contributed by atoms with Crippen molar-refractivity contribution >= 4 is 29.1 Å². The first-order valence-corrected chi connectivity index (χ1v) is 12.5. The second-order valence-corrected chi connectivity index (χ2v) is 10.7. The van der Waals surface area contributed by atoms with Gasteiger partial charge in [-0.05, 0) is 55.9 Å². The van der Waals surface area contributed by atoms with E-state index in [1.165, 1.54) is 0 Å². The Morgan fingerprint density at radius 2 is 1.88 bits per heavy atom. The van der Waals surface area contributed by atoms with Gasteiger partial charge >= 0.3 is 0 Å². The van der Waals surface area contributed by atoms with E-state index < -0.39 is 5.92 Å². The van der Waals surface area contributed by atoms with Crippen molar-refractivity contribution in [3.8, 4) is 0 Å². The third-order valence-electron chi connectivity index (χ3n) is 7.50. The van der Waals surface area contributed by atoms with Gasteiger partial charge in [-0.1, -0.05) is 24.4 Å². The van der Waals surface area contributed by atoms with Gasteiger partial charge in [-0.3, -0.25) is 14.5 Å². The molecule has 4 rings (SSSR count). The molecule has 0 radical (unpaired) electrons. The third kappa shape index (κ3) is 5.86. The number of amides is 2. The molecule has 1 saturated heterocycles. The zero-order valence-electron chi connectivity index (χ0n) is 19.5. The van der Waals surface area contributed by atoms with Gasteiger partial charge in [-0.15, -0.1) is 0 Å². The Morgan fingerprint density at radius 3 is 2.52 bits per heavy atom. The number of halogens is 3. The normalized spacial score (nSPS) is 24.0. The Bertz CT molecular complexity index is 896. The van der Waals surface area contributed by atoms with Gasteiger partial charge in [-0.2, -0.15) is 0 Å². The molecule has 3 fully saturated rings. The molecule has 1 aromatic rings. The average Bonchev–Trinajstić information content (AvgIpc) is 3.24. The number of nitrogens with one attached hydrogen (secondary N) is 1. The number of nitrogens with zero attached hydrogens (tertiary/aromatic N) is 2. The molecule has 0 aromatic heterocycles. The Morgan fingerprint density at radius 1 is 1.18 bits per heavy atom. The zero-order chi connectivity index (χ0) is 23.8. The van der Waals surface area contributed by atoms with Gasteiger partial charge in [0.15, 0.2) is 0 Å². The summed E-state index contributed by atoms with van der Waals surface area (Å²) < 4.78 is 26.1. The van der Waals surface area contributed by atoms with Crippen molar-refractivity contribution in [2.24, 2.45) is 11.8 Å². The van der Waals surface area contributed by atoms with E-state index in [2.05, 4.69) is 17.1 Å². The maximum absolute atomic E-state index is 13.1. The van der Waals surface area contributed by atoms with Crippen LogP contribution in [0, 0.1) is 18.8 Å². The molecule has 1 unspecified atom stereocenters. The van der Waals surface area contributed by atoms with E-state index in [0.29, 0.717) is 23.2 Å². The number of carbonyl (C=O) groups is 2. The molecule has 0 spiro atoms. The molecule has 1 aromatic carbocycles. The fourth-order valence-electron chi connectivity index (χ4n) is 5.57. The smallest absolute Gasteiger partial charge is 0.248 e. The number of alkyl halides is 2. The van der Waals surface area contributed by atoms with Crippen LogP contribution >= 0.6 is 11.6 Å². The highest BCUT2D eigenvalue weighted by Gasteiger charge is 2.45. The third-order valence-corrected chi connectivity index (χ3v) is 7.71. The van der Waals surface area contributed by atoms with Crippen LogP contribution in [0.1, 0.15) is 63.0 Å². The Balaban J connectivity index is 1.35. The minimum Gasteiger partial charge on any atom is -0.337 e. The van der Waals surface area contributed by atoms with Crippen LogP contribution in [0.4, 0.5) is 14.5 Å². The highest BCUT2D eigenvalue weighted by atomic mass is 35.5. The van der Waals surface area contributed by atoms with Crippen LogP contribution < -0.4 is 5.32 Å². The summed E-state index contributed by atoms with van der Waals surface area (Å²) in [4.78, 5) is 29.6. The quantitative estimate of drug-likeness (QED) is 0.604. The van der Waals surface area contributed by atoms with E-state index >= 15 is 0 Å². The minimum absolute atomic E-state index is 0.103. The fourth-order valence-corrected chi connectivity index (χ4v) is 5.82. The highest BCUT2D eigenvalue weighted by Crippen LogP contribution is 2.44. The number of carbonyl (C=O) groups excluding carboxylic acids is 2. The van der Waals surface area contributed by atoms with Gasteiger partial charge in [0, 0.05) is 68.1 Å². The van der Waals surface area contributed by atoms with E-state index in [1.807, 2.05) is 17.9 Å². The number of benzene rings is 1. The average molecular weight is 482 g/mol. The van der Waals surface area contributed by atoms with Crippen LogP contribution in [0.15, 0.2) is 12.1 Å². The Labute approximate surface area is 199 Å². The van der Waals surface area contributed by atoms with E-state index in [9.17, 15) is 18.4 Å². The molecular weight excluding hydrogens is 448 g/mol. The van der Waals surface area contributed by atoms with Crippen molar-refractivity contribution in [2.45, 2.75) is 77.3 Å². The van der Waals surface area contributed by atoms with E-state index in [4.69, 9.17) is 11.6 Å². The summed E-state index contributed by atoms with van der Waals surface area (Å²) in [7, 11) is 0. The molecule has 1 N–H and O–H groups in total. The molecular formula is C25H34ClF2N3O2. The predicted molar refractivity (Wildman–Crippen MR) is 126 cm³/mol. The molecule has 1 aliphatic heterocycles. The maximum atomic E-state index is 13.1. The molecule has 1 atom stereocenters. The number of anilines is 1. The van der Waals surface area contributed by atoms with Crippen LogP contribution in [0.3, 0.4) is 0 Å². The number of hydrogen-bond acceptors (Lipinski definition) is 3. The summed E-state index contributed by atoms with van der Waals surface area (Å²) in [5, 5.41) is 3.41. The van der Waals surface area contributed by atoms with E-state index in [1.54, 1.807) is 6.07 Å². The van der Waals surface area contributed by atoms with Crippen molar-refractivity contribution in [1.29, 1.82) is 0 Å². The second-order valence-electron chi connectivity index (χ2n) is 10.2. The summed E-state index contributed by atoms with van der Waals surface area (Å²) in [6, 6.07) is 3.79. The molecule has 1 heterocycles. The first kappa shape index (κ1) is 24.4. The van der Waals surface area contributed by atoms with Gasteiger partial charge in [0.25, 0.3) is 0 Å². The van der Waals surface area contributed by atoms with Gasteiger partial charge in [-0.25, -0.2) is 8.78 Å². The number of hydrogen-bond donors (Lipinski definition) is 1. The number of rotatable bonds is 6. The van der Waals surface area contributed by atoms with Crippen molar-refractivity contribution in [3.05, 3.63) is 28.3 Å². The molecule has 2 amide bonds. The zero-order valence-corrected chi connectivity index (χ0v) is 20.3. The number of piperazine rings is 1. The summed E-state index contributed by atoms with van der Waals surface area (Å²) in [5.74, 6) is -2.62. The summed E-state index contributed by atoms with van der Waals surface area (Å²) >= 11 is 6.35. The van der Waals surface area contributed by atoms with E-state index in [-0.39, 0.29) is 43.0 Å². The first-order chi connectivity index (χ1) is 15.6. The SMILES string of the molecule is Cc1c(CN2CCN(C(=O)C3CCCC3)C(C)C2)cc(Cl)cc1NC(=O)CC1CC(F)(F)C1. The standard InChI is InChI=1S/C25H34ClF2N3O2/c1-16-14-30(7-8-31(16)24(33)19-5-3-4-6-19)15-20-10-21(26)11-22(17(20)2)29-23(32)9-18-12-25(27,28)13-18/h10-11,16,18-19H,3-9,12-15H2,1-2H3,(H,29,32). The molecule has 2 aliphatic carbocycles. The van der Waals surface area contributed by atoms with Gasteiger partial charge < -0.3 is 10.2 Å². The van der Waals surface area contributed by atoms with Gasteiger partial charge in [0.05, 0.1) is 0 Å². The monoisotopic (exact) mass is 481 g/mol. The van der Waals surface area contributed by atoms with Crippen LogP contribution in [-0.2, 0) is 16.1 Å². The van der Waals surface area contributed by atoms with Crippen molar-refractivity contribution in [2.75, 3.05) is 25.0 Å². The van der Waals surface area contributed by atoms with Crippen LogP contribution in [0.25, 0.3) is 0 Å². The first-order valence-electron chi connectivity index (χ1n) is 12.1. The Kier molecular flexibility index (Phi) is 7.29. The summed E-state index contributed by atoms with van der Waals surface area (Å²) in [6.07, 6.45) is 4.03. The van der Waals surface area contributed by atoms with Crippen molar-refractivity contribution in [3.63, 3.8) is 0 Å². The van der Waals surface area contributed by atoms with E-state index in [0.717, 1.165) is 56.4 Å². The summed E-state index contributed by atoms with van der Waals surface area (Å²) in [6.45, 7) is 7.06. The van der Waals surface area contributed by atoms with Gasteiger partial charge in [0.1, 0.15) is 0 Å². The summed E-state index contributed by atoms with van der Waals surface area (Å²) in [5.41, 5.74) is 2.59. The lowest BCUT2D eigenvalue weighted by atomic mass is 9.79. The molecule has 33 heavy (non-hydrogen) atoms. The molecule has 2 saturated carbocycles. The molecule has 182 valence electrons. The minimum atomic E-state index is -2.62. The second kappa shape index (κ2) is 9.87. The highest BCUT2D eigenvalue weighted by molar-refractivity contribution is 6.31. The molecule has 8 heteroatoms. The lowest BCUT2D eigenvalue weighted by molar-refractivity contribution is -0.140. The van der Waals surface area contributed by atoms with Crippen LogP contribution in [0.2, 0.25) is 5.02 Å². The predicted octanol–water partition coefficient (Wildman–Crippen LogP) is 5.25. The topological polar surface area (TPSA) is 52.6 Å². The lowest BCUT2D eigenvalue weighted by Crippen LogP contribution is -2.54. The maximum Gasteiger partial charge on any atom is 0.248 e. The molecule has 3 aliphatic rings. The Hall–Kier alpha value is -1.73. The molecule has 0 bridgehead atoms.